The predicted octanol–water partition coefficient (Wildman–Crippen LogP) is 2.47. The van der Waals surface area contributed by atoms with Gasteiger partial charge in [-0.2, -0.15) is 0 Å². The number of rotatable bonds is 5. The summed E-state index contributed by atoms with van der Waals surface area (Å²) in [4.78, 5) is 0. The van der Waals surface area contributed by atoms with E-state index in [9.17, 15) is 0 Å². The Balaban J connectivity index is 3.60. The highest BCUT2D eigenvalue weighted by Crippen LogP contribution is 2.08. The second-order valence-corrected chi connectivity index (χ2v) is 2.56. The van der Waals surface area contributed by atoms with E-state index in [2.05, 4.69) is 19.9 Å². The average Bonchev–Trinajstić information content (AvgIpc) is 1.90. The highest BCUT2D eigenvalue weighted by Gasteiger charge is 1.91. The summed E-state index contributed by atoms with van der Waals surface area (Å²) in [6, 6.07) is 0. The molecule has 0 fully saturated rings. The van der Waals surface area contributed by atoms with Gasteiger partial charge in [0.15, 0.2) is 0 Å². The first kappa shape index (κ1) is 9.70. The molecule has 0 heterocycles. The van der Waals surface area contributed by atoms with Crippen molar-refractivity contribution in [3.63, 3.8) is 0 Å². The lowest BCUT2D eigenvalue weighted by molar-refractivity contribution is 0.816. The molecule has 0 radical (unpaired) electrons. The van der Waals surface area contributed by atoms with Gasteiger partial charge in [0.05, 0.1) is 0 Å². The van der Waals surface area contributed by atoms with Crippen LogP contribution in [0.1, 0.15) is 39.5 Å². The SMILES string of the molecule is CC/C=C(\CCC)CCN. The lowest BCUT2D eigenvalue weighted by atomic mass is 10.1. The van der Waals surface area contributed by atoms with Crippen molar-refractivity contribution in [2.45, 2.75) is 39.5 Å². The van der Waals surface area contributed by atoms with E-state index in [4.69, 9.17) is 5.73 Å². The van der Waals surface area contributed by atoms with Gasteiger partial charge in [0.1, 0.15) is 0 Å². The minimum atomic E-state index is 0.797. The van der Waals surface area contributed by atoms with E-state index in [1.807, 2.05) is 0 Å². The van der Waals surface area contributed by atoms with Crippen LogP contribution in [-0.2, 0) is 0 Å². The van der Waals surface area contributed by atoms with Gasteiger partial charge in [-0.25, -0.2) is 0 Å². The molecule has 0 saturated carbocycles. The van der Waals surface area contributed by atoms with Gasteiger partial charge in [0.25, 0.3) is 0 Å². The van der Waals surface area contributed by atoms with Crippen molar-refractivity contribution in [2.75, 3.05) is 6.54 Å². The summed E-state index contributed by atoms with van der Waals surface area (Å²) in [7, 11) is 0. The molecule has 0 aliphatic rings. The molecule has 60 valence electrons. The first-order chi connectivity index (χ1) is 4.85. The molecule has 0 aromatic heterocycles. The Kier molecular flexibility index (Phi) is 6.61. The molecule has 0 saturated heterocycles. The van der Waals surface area contributed by atoms with Crippen LogP contribution in [-0.4, -0.2) is 6.54 Å². The summed E-state index contributed by atoms with van der Waals surface area (Å²) in [6.07, 6.45) is 7.00. The molecule has 0 rings (SSSR count). The van der Waals surface area contributed by atoms with Gasteiger partial charge < -0.3 is 5.73 Å². The van der Waals surface area contributed by atoms with Gasteiger partial charge in [-0.1, -0.05) is 31.9 Å². The minimum Gasteiger partial charge on any atom is -0.330 e. The van der Waals surface area contributed by atoms with Crippen LogP contribution in [0.3, 0.4) is 0 Å². The topological polar surface area (TPSA) is 26.0 Å². The lowest BCUT2D eigenvalue weighted by Gasteiger charge is -2.02. The van der Waals surface area contributed by atoms with E-state index >= 15 is 0 Å². The van der Waals surface area contributed by atoms with Gasteiger partial charge in [-0.3, -0.25) is 0 Å². The van der Waals surface area contributed by atoms with Crippen molar-refractivity contribution in [2.24, 2.45) is 5.73 Å². The molecule has 0 aromatic carbocycles. The Morgan fingerprint density at radius 2 is 2.00 bits per heavy atom. The number of nitrogens with two attached hydrogens (primary N) is 1. The van der Waals surface area contributed by atoms with Gasteiger partial charge in [-0.05, 0) is 25.8 Å². The third-order valence-electron chi connectivity index (χ3n) is 1.53. The summed E-state index contributed by atoms with van der Waals surface area (Å²) in [5.41, 5.74) is 6.98. The maximum atomic E-state index is 5.45. The third kappa shape index (κ3) is 4.57. The minimum absolute atomic E-state index is 0.797. The summed E-state index contributed by atoms with van der Waals surface area (Å²) >= 11 is 0. The molecule has 0 amide bonds. The summed E-state index contributed by atoms with van der Waals surface area (Å²) in [6.45, 7) is 5.18. The van der Waals surface area contributed by atoms with E-state index in [1.165, 1.54) is 18.4 Å². The molecule has 1 nitrogen and oxygen atoms in total. The zero-order chi connectivity index (χ0) is 7.82. The third-order valence-corrected chi connectivity index (χ3v) is 1.53. The van der Waals surface area contributed by atoms with Crippen LogP contribution < -0.4 is 5.73 Å². The van der Waals surface area contributed by atoms with Crippen LogP contribution in [0.15, 0.2) is 11.6 Å². The Morgan fingerprint density at radius 1 is 1.30 bits per heavy atom. The molecular weight excluding hydrogens is 122 g/mol. The van der Waals surface area contributed by atoms with Crippen LogP contribution >= 0.6 is 0 Å². The highest BCUT2D eigenvalue weighted by atomic mass is 14.5. The first-order valence-electron chi connectivity index (χ1n) is 4.23. The molecule has 0 unspecified atom stereocenters. The normalized spacial score (nSPS) is 12.1. The second-order valence-electron chi connectivity index (χ2n) is 2.56. The zero-order valence-corrected chi connectivity index (χ0v) is 7.19. The van der Waals surface area contributed by atoms with Crippen LogP contribution in [0, 0.1) is 0 Å². The van der Waals surface area contributed by atoms with Gasteiger partial charge in [0.2, 0.25) is 0 Å². The zero-order valence-electron chi connectivity index (χ0n) is 7.19. The van der Waals surface area contributed by atoms with Gasteiger partial charge >= 0.3 is 0 Å². The molecule has 0 atom stereocenters. The van der Waals surface area contributed by atoms with E-state index < -0.39 is 0 Å². The Bertz CT molecular complexity index is 86.9. The van der Waals surface area contributed by atoms with E-state index in [1.54, 1.807) is 0 Å². The Morgan fingerprint density at radius 3 is 2.40 bits per heavy atom. The Hall–Kier alpha value is -0.300. The fourth-order valence-corrected chi connectivity index (χ4v) is 1.12. The molecule has 0 bridgehead atoms. The van der Waals surface area contributed by atoms with Crippen molar-refractivity contribution in [1.82, 2.24) is 0 Å². The van der Waals surface area contributed by atoms with Crippen LogP contribution in [0.5, 0.6) is 0 Å². The molecule has 0 aliphatic heterocycles. The summed E-state index contributed by atoms with van der Waals surface area (Å²) in [5.74, 6) is 0. The standard InChI is InChI=1S/C9H19N/c1-3-5-9(6-4-2)7-8-10/h5H,3-4,6-8,10H2,1-2H3/b9-5+. The second kappa shape index (κ2) is 6.81. The predicted molar refractivity (Wildman–Crippen MR) is 47.0 cm³/mol. The van der Waals surface area contributed by atoms with E-state index in [0.29, 0.717) is 0 Å². The molecule has 0 aromatic rings. The van der Waals surface area contributed by atoms with Crippen LogP contribution in [0.4, 0.5) is 0 Å². The average molecular weight is 141 g/mol. The molecular formula is C9H19N. The van der Waals surface area contributed by atoms with Crippen molar-refractivity contribution < 1.29 is 0 Å². The number of hydrogen-bond donors (Lipinski definition) is 1. The molecule has 1 heteroatoms. The molecule has 0 spiro atoms. The highest BCUT2D eigenvalue weighted by molar-refractivity contribution is 5.01. The Labute approximate surface area is 64.3 Å². The maximum absolute atomic E-state index is 5.45. The lowest BCUT2D eigenvalue weighted by Crippen LogP contribution is -2.00. The fraction of sp³-hybridized carbons (Fsp3) is 0.778. The molecule has 10 heavy (non-hydrogen) atoms. The van der Waals surface area contributed by atoms with Crippen molar-refractivity contribution in [3.05, 3.63) is 11.6 Å². The van der Waals surface area contributed by atoms with E-state index in [-0.39, 0.29) is 0 Å². The quantitative estimate of drug-likeness (QED) is 0.585. The monoisotopic (exact) mass is 141 g/mol. The maximum Gasteiger partial charge on any atom is -0.00399 e. The van der Waals surface area contributed by atoms with Crippen molar-refractivity contribution >= 4 is 0 Å². The first-order valence-corrected chi connectivity index (χ1v) is 4.23. The largest absolute Gasteiger partial charge is 0.330 e. The van der Waals surface area contributed by atoms with Crippen molar-refractivity contribution in [3.8, 4) is 0 Å². The summed E-state index contributed by atoms with van der Waals surface area (Å²) in [5, 5.41) is 0. The van der Waals surface area contributed by atoms with Crippen LogP contribution in [0.2, 0.25) is 0 Å². The van der Waals surface area contributed by atoms with Gasteiger partial charge in [-0.15, -0.1) is 0 Å². The summed E-state index contributed by atoms with van der Waals surface area (Å²) < 4.78 is 0. The van der Waals surface area contributed by atoms with Crippen molar-refractivity contribution in [1.29, 1.82) is 0 Å². The fourth-order valence-electron chi connectivity index (χ4n) is 1.12. The van der Waals surface area contributed by atoms with Crippen LogP contribution in [0.25, 0.3) is 0 Å². The van der Waals surface area contributed by atoms with E-state index in [0.717, 1.165) is 19.4 Å². The molecule has 2 N–H and O–H groups in total. The number of hydrogen-bond acceptors (Lipinski definition) is 1. The smallest absolute Gasteiger partial charge is 0.00399 e. The number of allylic oxidation sites excluding steroid dienone is 1. The van der Waals surface area contributed by atoms with Gasteiger partial charge in [0, 0.05) is 0 Å². The molecule has 0 aliphatic carbocycles.